The molecule has 1 aliphatic rings. The van der Waals surface area contributed by atoms with Gasteiger partial charge in [-0.3, -0.25) is 0 Å². The van der Waals surface area contributed by atoms with Gasteiger partial charge in [-0.2, -0.15) is 0 Å². The fourth-order valence-electron chi connectivity index (χ4n) is 2.66. The highest BCUT2D eigenvalue weighted by Crippen LogP contribution is 2.38. The Morgan fingerprint density at radius 3 is 2.89 bits per heavy atom. The van der Waals surface area contributed by atoms with Crippen molar-refractivity contribution in [2.45, 2.75) is 38.3 Å². The molecule has 1 aromatic heterocycles. The number of aryl methyl sites for hydroxylation is 1. The third-order valence-electron chi connectivity index (χ3n) is 3.79. The van der Waals surface area contributed by atoms with Crippen LogP contribution in [0.15, 0.2) is 35.8 Å². The summed E-state index contributed by atoms with van der Waals surface area (Å²) in [6.07, 6.45) is 4.39. The molecule has 3 rings (SSSR count). The summed E-state index contributed by atoms with van der Waals surface area (Å²) in [5, 5.41) is 6.81. The lowest BCUT2D eigenvalue weighted by Crippen LogP contribution is -2.39. The minimum atomic E-state index is 0.665. The van der Waals surface area contributed by atoms with Gasteiger partial charge < -0.3 is 5.32 Å². The van der Waals surface area contributed by atoms with E-state index < -0.39 is 0 Å². The van der Waals surface area contributed by atoms with Gasteiger partial charge in [0.05, 0.1) is 0 Å². The number of aromatic nitrogens is 1. The van der Waals surface area contributed by atoms with Crippen molar-refractivity contribution in [3.63, 3.8) is 0 Å². The van der Waals surface area contributed by atoms with Gasteiger partial charge in [-0.15, -0.1) is 11.3 Å². The van der Waals surface area contributed by atoms with Gasteiger partial charge in [-0.25, -0.2) is 4.98 Å². The number of benzene rings is 1. The van der Waals surface area contributed by atoms with Crippen molar-refractivity contribution >= 4 is 11.3 Å². The highest BCUT2D eigenvalue weighted by atomic mass is 32.1. The van der Waals surface area contributed by atoms with Gasteiger partial charge in [-0.1, -0.05) is 24.3 Å². The summed E-state index contributed by atoms with van der Waals surface area (Å²) < 4.78 is 0. The van der Waals surface area contributed by atoms with Crippen molar-refractivity contribution in [2.24, 2.45) is 0 Å². The first-order valence-corrected chi connectivity index (χ1v) is 7.38. The van der Waals surface area contributed by atoms with E-state index in [1.54, 1.807) is 11.3 Å². The molecule has 1 saturated carbocycles. The number of nitrogens with zero attached hydrogens (tertiary/aromatic N) is 1. The highest BCUT2D eigenvalue weighted by molar-refractivity contribution is 7.09. The Morgan fingerprint density at radius 2 is 2.17 bits per heavy atom. The number of nitrogens with one attached hydrogen (secondary N) is 1. The Labute approximate surface area is 112 Å². The SMILES string of the molecule is Cc1ccccc1C1CC(NCc2nccs2)C1. The number of thiazole rings is 1. The van der Waals surface area contributed by atoms with Gasteiger partial charge in [0.2, 0.25) is 0 Å². The average Bonchev–Trinajstić information content (AvgIpc) is 2.82. The van der Waals surface area contributed by atoms with Crippen molar-refractivity contribution in [1.82, 2.24) is 10.3 Å². The molecule has 0 atom stereocenters. The second kappa shape index (κ2) is 5.21. The van der Waals surface area contributed by atoms with E-state index in [0.29, 0.717) is 6.04 Å². The normalized spacial score (nSPS) is 22.7. The Morgan fingerprint density at radius 1 is 1.33 bits per heavy atom. The third kappa shape index (κ3) is 2.47. The molecule has 1 N–H and O–H groups in total. The smallest absolute Gasteiger partial charge is 0.106 e. The molecule has 0 bridgehead atoms. The fourth-order valence-corrected chi connectivity index (χ4v) is 3.22. The number of rotatable bonds is 4. The molecule has 0 amide bonds. The van der Waals surface area contributed by atoms with Crippen molar-refractivity contribution in [3.05, 3.63) is 52.0 Å². The molecule has 3 heteroatoms. The van der Waals surface area contributed by atoms with Gasteiger partial charge in [-0.05, 0) is 36.8 Å². The zero-order valence-corrected chi connectivity index (χ0v) is 11.4. The van der Waals surface area contributed by atoms with E-state index in [9.17, 15) is 0 Å². The summed E-state index contributed by atoms with van der Waals surface area (Å²) in [5.74, 6) is 0.750. The van der Waals surface area contributed by atoms with E-state index in [2.05, 4.69) is 41.5 Å². The minimum Gasteiger partial charge on any atom is -0.308 e. The summed E-state index contributed by atoms with van der Waals surface area (Å²) >= 11 is 1.73. The molecule has 18 heavy (non-hydrogen) atoms. The largest absolute Gasteiger partial charge is 0.308 e. The van der Waals surface area contributed by atoms with Crippen LogP contribution in [0.5, 0.6) is 0 Å². The fraction of sp³-hybridized carbons (Fsp3) is 0.400. The zero-order chi connectivity index (χ0) is 12.4. The lowest BCUT2D eigenvalue weighted by molar-refractivity contribution is 0.289. The predicted molar refractivity (Wildman–Crippen MR) is 75.9 cm³/mol. The Bertz CT molecular complexity index is 501. The van der Waals surface area contributed by atoms with Crippen molar-refractivity contribution in [1.29, 1.82) is 0 Å². The predicted octanol–water partition coefficient (Wildman–Crippen LogP) is 3.49. The second-order valence-electron chi connectivity index (χ2n) is 5.03. The molecule has 2 aromatic rings. The van der Waals surface area contributed by atoms with Crippen LogP contribution in [0.25, 0.3) is 0 Å². The summed E-state index contributed by atoms with van der Waals surface area (Å²) in [6, 6.07) is 9.43. The van der Waals surface area contributed by atoms with Crippen LogP contribution in [0.4, 0.5) is 0 Å². The quantitative estimate of drug-likeness (QED) is 0.908. The molecule has 1 fully saturated rings. The molecule has 1 aromatic carbocycles. The van der Waals surface area contributed by atoms with E-state index in [4.69, 9.17) is 0 Å². The molecular formula is C15H18N2S. The summed E-state index contributed by atoms with van der Waals surface area (Å²) in [6.45, 7) is 3.13. The van der Waals surface area contributed by atoms with Crippen LogP contribution in [0.2, 0.25) is 0 Å². The monoisotopic (exact) mass is 258 g/mol. The first-order valence-electron chi connectivity index (χ1n) is 6.50. The van der Waals surface area contributed by atoms with E-state index >= 15 is 0 Å². The molecule has 1 heterocycles. The maximum Gasteiger partial charge on any atom is 0.106 e. The molecule has 0 saturated heterocycles. The Hall–Kier alpha value is -1.19. The zero-order valence-electron chi connectivity index (χ0n) is 10.6. The third-order valence-corrected chi connectivity index (χ3v) is 4.57. The summed E-state index contributed by atoms with van der Waals surface area (Å²) in [5.41, 5.74) is 2.96. The topological polar surface area (TPSA) is 24.9 Å². The van der Waals surface area contributed by atoms with Gasteiger partial charge in [0.1, 0.15) is 5.01 Å². The van der Waals surface area contributed by atoms with E-state index in [-0.39, 0.29) is 0 Å². The summed E-state index contributed by atoms with van der Waals surface area (Å²) in [4.78, 5) is 4.29. The van der Waals surface area contributed by atoms with Crippen LogP contribution in [0.3, 0.4) is 0 Å². The lowest BCUT2D eigenvalue weighted by atomic mass is 9.74. The highest BCUT2D eigenvalue weighted by Gasteiger charge is 2.30. The van der Waals surface area contributed by atoms with Crippen molar-refractivity contribution in [2.75, 3.05) is 0 Å². The average molecular weight is 258 g/mol. The molecule has 94 valence electrons. The van der Waals surface area contributed by atoms with Gasteiger partial charge in [0.15, 0.2) is 0 Å². The molecular weight excluding hydrogens is 240 g/mol. The summed E-state index contributed by atoms with van der Waals surface area (Å²) in [7, 11) is 0. The Kier molecular flexibility index (Phi) is 3.43. The maximum absolute atomic E-state index is 4.29. The molecule has 0 radical (unpaired) electrons. The van der Waals surface area contributed by atoms with Gasteiger partial charge in [0.25, 0.3) is 0 Å². The van der Waals surface area contributed by atoms with Crippen molar-refractivity contribution < 1.29 is 0 Å². The van der Waals surface area contributed by atoms with E-state index in [1.165, 1.54) is 29.0 Å². The van der Waals surface area contributed by atoms with Crippen LogP contribution in [-0.2, 0) is 6.54 Å². The van der Waals surface area contributed by atoms with Crippen LogP contribution in [0, 0.1) is 6.92 Å². The first kappa shape index (κ1) is 11.9. The van der Waals surface area contributed by atoms with Crippen LogP contribution in [0.1, 0.15) is 34.9 Å². The molecule has 2 nitrogen and oxygen atoms in total. The van der Waals surface area contributed by atoms with Crippen molar-refractivity contribution in [3.8, 4) is 0 Å². The minimum absolute atomic E-state index is 0.665. The van der Waals surface area contributed by atoms with Crippen LogP contribution >= 0.6 is 11.3 Å². The molecule has 0 aliphatic heterocycles. The first-order chi connectivity index (χ1) is 8.83. The van der Waals surface area contributed by atoms with Gasteiger partial charge >= 0.3 is 0 Å². The molecule has 0 spiro atoms. The molecule has 0 unspecified atom stereocenters. The molecule has 1 aliphatic carbocycles. The maximum atomic E-state index is 4.29. The standard InChI is InChI=1S/C15H18N2S/c1-11-4-2-3-5-14(11)12-8-13(9-12)17-10-15-16-6-7-18-15/h2-7,12-13,17H,8-10H2,1H3. The van der Waals surface area contributed by atoms with E-state index in [0.717, 1.165) is 12.5 Å². The number of hydrogen-bond acceptors (Lipinski definition) is 3. The second-order valence-corrected chi connectivity index (χ2v) is 6.01. The van der Waals surface area contributed by atoms with Crippen LogP contribution in [-0.4, -0.2) is 11.0 Å². The van der Waals surface area contributed by atoms with Gasteiger partial charge in [0, 0.05) is 24.2 Å². The lowest BCUT2D eigenvalue weighted by Gasteiger charge is -2.37. The van der Waals surface area contributed by atoms with Crippen LogP contribution < -0.4 is 5.32 Å². The van der Waals surface area contributed by atoms with E-state index in [1.807, 2.05) is 11.6 Å². The Balaban J connectivity index is 1.50. The number of hydrogen-bond donors (Lipinski definition) is 1.